The van der Waals surface area contributed by atoms with Gasteiger partial charge in [-0.25, -0.2) is 0 Å². The first-order valence-electron chi connectivity index (χ1n) is 8.06. The van der Waals surface area contributed by atoms with E-state index < -0.39 is 0 Å². The molecule has 0 atom stereocenters. The third-order valence-corrected chi connectivity index (χ3v) is 4.67. The Kier molecular flexibility index (Phi) is 5.56. The Morgan fingerprint density at radius 3 is 2.52 bits per heavy atom. The van der Waals surface area contributed by atoms with Gasteiger partial charge in [0.1, 0.15) is 5.69 Å². The van der Waals surface area contributed by atoms with Gasteiger partial charge in [-0.15, -0.1) is 0 Å². The summed E-state index contributed by atoms with van der Waals surface area (Å²) in [6, 6.07) is 8.02. The first-order chi connectivity index (χ1) is 12.0. The molecule has 0 bridgehead atoms. The monoisotopic (exact) mass is 377 g/mol. The average molecular weight is 378 g/mol. The van der Waals surface area contributed by atoms with Crippen molar-refractivity contribution in [2.75, 3.05) is 5.32 Å². The number of carbonyl (C=O) groups is 2. The molecule has 2 amide bonds. The predicted octanol–water partition coefficient (Wildman–Crippen LogP) is 4.31. The van der Waals surface area contributed by atoms with Gasteiger partial charge in [-0.1, -0.05) is 36.0 Å². The first kappa shape index (κ1) is 17.7. The molecule has 0 unspecified atom stereocenters. The predicted molar refractivity (Wildman–Crippen MR) is 98.4 cm³/mol. The molecule has 1 aliphatic rings. The third kappa shape index (κ3) is 4.50. The Hall–Kier alpha value is -2.11. The van der Waals surface area contributed by atoms with Crippen LogP contribution in [0, 0.1) is 0 Å². The van der Waals surface area contributed by atoms with Crippen LogP contribution >= 0.6 is 23.2 Å². The minimum absolute atomic E-state index is 0.194. The van der Waals surface area contributed by atoms with Crippen LogP contribution in [0.1, 0.15) is 46.5 Å². The van der Waals surface area contributed by atoms with Gasteiger partial charge in [0.25, 0.3) is 11.8 Å². The van der Waals surface area contributed by atoms with E-state index in [1.54, 1.807) is 24.3 Å². The van der Waals surface area contributed by atoms with Crippen LogP contribution in [0.5, 0.6) is 0 Å². The van der Waals surface area contributed by atoms with E-state index in [0.717, 1.165) is 25.7 Å². The number of pyridine rings is 1. The summed E-state index contributed by atoms with van der Waals surface area (Å²) in [6.07, 6.45) is 5.68. The van der Waals surface area contributed by atoms with Crippen molar-refractivity contribution in [1.29, 1.82) is 0 Å². The maximum Gasteiger partial charge on any atom is 0.270 e. The van der Waals surface area contributed by atoms with Crippen molar-refractivity contribution in [2.24, 2.45) is 0 Å². The zero-order chi connectivity index (χ0) is 17.8. The molecule has 1 saturated carbocycles. The van der Waals surface area contributed by atoms with E-state index in [0.29, 0.717) is 21.3 Å². The van der Waals surface area contributed by atoms with Gasteiger partial charge in [0.15, 0.2) is 0 Å². The highest BCUT2D eigenvalue weighted by molar-refractivity contribution is 6.36. The summed E-state index contributed by atoms with van der Waals surface area (Å²) in [7, 11) is 0. The molecular formula is C18H17Cl2N3O2. The topological polar surface area (TPSA) is 71.1 Å². The number of anilines is 1. The Balaban J connectivity index is 1.71. The molecule has 0 spiro atoms. The maximum absolute atomic E-state index is 12.4. The Labute approximate surface area is 155 Å². The molecule has 0 saturated heterocycles. The van der Waals surface area contributed by atoms with E-state index in [2.05, 4.69) is 15.6 Å². The summed E-state index contributed by atoms with van der Waals surface area (Å²) in [5, 5.41) is 6.49. The van der Waals surface area contributed by atoms with E-state index in [-0.39, 0.29) is 23.6 Å². The summed E-state index contributed by atoms with van der Waals surface area (Å²) < 4.78 is 0. The minimum Gasteiger partial charge on any atom is -0.348 e. The minimum atomic E-state index is -0.374. The Bertz CT molecular complexity index is 805. The number of amides is 2. The third-order valence-electron chi connectivity index (χ3n) is 4.12. The van der Waals surface area contributed by atoms with Gasteiger partial charge in [0.05, 0.1) is 10.7 Å². The highest BCUT2D eigenvalue weighted by atomic mass is 35.5. The highest BCUT2D eigenvalue weighted by Gasteiger charge is 2.19. The fourth-order valence-corrected chi connectivity index (χ4v) is 3.27. The van der Waals surface area contributed by atoms with E-state index >= 15 is 0 Å². The van der Waals surface area contributed by atoms with E-state index in [4.69, 9.17) is 23.2 Å². The molecule has 1 fully saturated rings. The molecule has 5 nitrogen and oxygen atoms in total. The average Bonchev–Trinajstić information content (AvgIpc) is 3.10. The largest absolute Gasteiger partial charge is 0.348 e. The molecule has 1 heterocycles. The van der Waals surface area contributed by atoms with Crippen LogP contribution in [-0.2, 0) is 0 Å². The molecule has 1 aromatic heterocycles. The molecule has 2 aromatic rings. The number of halogens is 2. The van der Waals surface area contributed by atoms with Gasteiger partial charge >= 0.3 is 0 Å². The van der Waals surface area contributed by atoms with Crippen LogP contribution in [0.4, 0.5) is 5.69 Å². The fraction of sp³-hybridized carbons (Fsp3) is 0.278. The van der Waals surface area contributed by atoms with E-state index in [1.807, 2.05) is 0 Å². The molecule has 1 aromatic carbocycles. The van der Waals surface area contributed by atoms with Gasteiger partial charge in [0.2, 0.25) is 0 Å². The number of rotatable bonds is 4. The molecule has 1 aliphatic carbocycles. The summed E-state index contributed by atoms with van der Waals surface area (Å²) in [6.45, 7) is 0. The maximum atomic E-state index is 12.4. The highest BCUT2D eigenvalue weighted by Crippen LogP contribution is 2.25. The van der Waals surface area contributed by atoms with Crippen LogP contribution in [-0.4, -0.2) is 22.8 Å². The van der Waals surface area contributed by atoms with E-state index in [9.17, 15) is 9.59 Å². The van der Waals surface area contributed by atoms with Gasteiger partial charge in [-0.2, -0.15) is 0 Å². The molecule has 3 rings (SSSR count). The lowest BCUT2D eigenvalue weighted by atomic mass is 10.2. The van der Waals surface area contributed by atoms with Crippen molar-refractivity contribution >= 4 is 40.7 Å². The second kappa shape index (κ2) is 7.85. The number of nitrogens with zero attached hydrogens (tertiary/aromatic N) is 1. The van der Waals surface area contributed by atoms with Crippen LogP contribution < -0.4 is 10.6 Å². The Morgan fingerprint density at radius 2 is 1.80 bits per heavy atom. The fourth-order valence-electron chi connectivity index (χ4n) is 2.81. The summed E-state index contributed by atoms with van der Waals surface area (Å²) in [4.78, 5) is 28.8. The number of hydrogen-bond acceptors (Lipinski definition) is 3. The summed E-state index contributed by atoms with van der Waals surface area (Å²) >= 11 is 11.9. The van der Waals surface area contributed by atoms with Gasteiger partial charge in [-0.3, -0.25) is 14.6 Å². The van der Waals surface area contributed by atoms with Crippen molar-refractivity contribution in [3.05, 3.63) is 57.8 Å². The standard InChI is InChI=1S/C18H17Cl2N3O2/c19-12-5-6-15(14(20)10-12)23-17(24)11-7-8-21-16(9-11)18(25)22-13-3-1-2-4-13/h5-10,13H,1-4H2,(H,22,25)(H,23,24). The lowest BCUT2D eigenvalue weighted by molar-refractivity contribution is 0.0933. The van der Waals surface area contributed by atoms with Crippen LogP contribution in [0.25, 0.3) is 0 Å². The van der Waals surface area contributed by atoms with Gasteiger partial charge in [-0.05, 0) is 43.2 Å². The molecule has 25 heavy (non-hydrogen) atoms. The van der Waals surface area contributed by atoms with Crippen molar-refractivity contribution in [3.63, 3.8) is 0 Å². The normalized spacial score (nSPS) is 14.3. The second-order valence-corrected chi connectivity index (χ2v) is 6.81. The number of aromatic nitrogens is 1. The lowest BCUT2D eigenvalue weighted by Crippen LogP contribution is -2.33. The van der Waals surface area contributed by atoms with Crippen LogP contribution in [0.2, 0.25) is 10.0 Å². The summed E-state index contributed by atoms with van der Waals surface area (Å²) in [5.74, 6) is -0.632. The molecular weight excluding hydrogens is 361 g/mol. The van der Waals surface area contributed by atoms with Crippen LogP contribution in [0.3, 0.4) is 0 Å². The molecule has 7 heteroatoms. The molecule has 2 N–H and O–H groups in total. The van der Waals surface area contributed by atoms with E-state index in [1.165, 1.54) is 12.3 Å². The van der Waals surface area contributed by atoms with Crippen molar-refractivity contribution in [1.82, 2.24) is 10.3 Å². The molecule has 130 valence electrons. The number of benzene rings is 1. The number of hydrogen-bond donors (Lipinski definition) is 2. The van der Waals surface area contributed by atoms with Crippen molar-refractivity contribution in [2.45, 2.75) is 31.7 Å². The molecule has 0 radical (unpaired) electrons. The lowest BCUT2D eigenvalue weighted by Gasteiger charge is -2.12. The quantitative estimate of drug-likeness (QED) is 0.833. The number of carbonyl (C=O) groups excluding carboxylic acids is 2. The first-order valence-corrected chi connectivity index (χ1v) is 8.82. The summed E-state index contributed by atoms with van der Waals surface area (Å²) in [5.41, 5.74) is 1.00. The smallest absolute Gasteiger partial charge is 0.270 e. The van der Waals surface area contributed by atoms with Gasteiger partial charge < -0.3 is 10.6 Å². The van der Waals surface area contributed by atoms with Crippen LogP contribution in [0.15, 0.2) is 36.5 Å². The van der Waals surface area contributed by atoms with Crippen molar-refractivity contribution < 1.29 is 9.59 Å². The Morgan fingerprint density at radius 1 is 1.04 bits per heavy atom. The van der Waals surface area contributed by atoms with Crippen molar-refractivity contribution in [3.8, 4) is 0 Å². The SMILES string of the molecule is O=C(Nc1ccc(Cl)cc1Cl)c1ccnc(C(=O)NC2CCCC2)c1. The molecule has 0 aliphatic heterocycles. The zero-order valence-electron chi connectivity index (χ0n) is 13.4. The second-order valence-electron chi connectivity index (χ2n) is 5.96. The zero-order valence-corrected chi connectivity index (χ0v) is 14.9. The number of nitrogens with one attached hydrogen (secondary N) is 2. The van der Waals surface area contributed by atoms with Gasteiger partial charge in [0, 0.05) is 22.8 Å².